The number of nitrogens with one attached hydrogen (secondary N) is 1. The van der Waals surface area contributed by atoms with Gasteiger partial charge in [-0.25, -0.2) is 4.98 Å². The fourth-order valence-corrected chi connectivity index (χ4v) is 3.73. The monoisotopic (exact) mass is 424 g/mol. The molecule has 152 valence electrons. The molecule has 2 heterocycles. The minimum absolute atomic E-state index is 0.209. The van der Waals surface area contributed by atoms with Crippen LogP contribution in [0.15, 0.2) is 41.5 Å². The summed E-state index contributed by atoms with van der Waals surface area (Å²) >= 11 is 5.84. The third-order valence-corrected chi connectivity index (χ3v) is 5.28. The minimum atomic E-state index is -4.59. The molecule has 2 aromatic rings. The molecule has 1 fully saturated rings. The van der Waals surface area contributed by atoms with Crippen molar-refractivity contribution < 1.29 is 22.7 Å². The van der Waals surface area contributed by atoms with Gasteiger partial charge in [0.15, 0.2) is 0 Å². The lowest BCUT2D eigenvalue weighted by atomic mass is 10.0. The van der Waals surface area contributed by atoms with Crippen molar-refractivity contribution in [2.45, 2.75) is 18.1 Å². The van der Waals surface area contributed by atoms with Gasteiger partial charge >= 0.3 is 6.18 Å². The minimum Gasteiger partial charge on any atom is -0.386 e. The lowest BCUT2D eigenvalue weighted by molar-refractivity contribution is -0.137. The fraction of sp³-hybridized carbons (Fsp3) is 0.316. The smallest absolute Gasteiger partial charge is 0.386 e. The number of aromatic nitrogens is 1. The van der Waals surface area contributed by atoms with E-state index in [-0.39, 0.29) is 23.2 Å². The maximum absolute atomic E-state index is 12.7. The molecule has 1 amide bonds. The van der Waals surface area contributed by atoms with Crippen molar-refractivity contribution in [2.75, 3.05) is 18.5 Å². The number of carbonyl (C=O) groups excluding carboxylic acids is 1. The number of amides is 1. The Morgan fingerprint density at radius 2 is 2.14 bits per heavy atom. The van der Waals surface area contributed by atoms with Crippen molar-refractivity contribution in [3.63, 3.8) is 0 Å². The van der Waals surface area contributed by atoms with E-state index in [9.17, 15) is 18.0 Å². The Labute approximate surface area is 168 Å². The topological polar surface area (TPSA) is 89.6 Å². The molecule has 1 aromatic heterocycles. The molecule has 0 radical (unpaired) electrons. The number of amidine groups is 1. The second-order valence-electron chi connectivity index (χ2n) is 7.03. The van der Waals surface area contributed by atoms with Crippen LogP contribution in [0.4, 0.5) is 18.9 Å². The molecule has 1 aliphatic carbocycles. The highest BCUT2D eigenvalue weighted by atomic mass is 35.5. The van der Waals surface area contributed by atoms with Crippen molar-refractivity contribution >= 4 is 29.0 Å². The Kier molecular flexibility index (Phi) is 4.74. The number of anilines is 1. The van der Waals surface area contributed by atoms with Crippen LogP contribution >= 0.6 is 11.6 Å². The Morgan fingerprint density at radius 1 is 1.34 bits per heavy atom. The van der Waals surface area contributed by atoms with Gasteiger partial charge in [-0.05, 0) is 30.2 Å². The number of rotatable bonds is 3. The van der Waals surface area contributed by atoms with E-state index in [4.69, 9.17) is 22.1 Å². The highest BCUT2D eigenvalue weighted by Crippen LogP contribution is 2.56. The molecule has 10 heteroatoms. The standard InChI is InChI=1S/C19H16ClF3N4O2/c20-14-5-11(19(21,22)23)7-25-16(14)17(28)26-13-3-1-2-10(4-13)18-6-12(18)8-29-9-15(24)27-18/h1-5,7,12H,6,8-9H2,(H2,24,27)(H,26,28)/t12-,18+/m0/s1. The van der Waals surface area contributed by atoms with Crippen molar-refractivity contribution in [3.05, 3.63) is 58.4 Å². The van der Waals surface area contributed by atoms with Crippen LogP contribution in [0.25, 0.3) is 0 Å². The Bertz CT molecular complexity index is 1010. The van der Waals surface area contributed by atoms with Gasteiger partial charge in [0.1, 0.15) is 18.1 Å². The van der Waals surface area contributed by atoms with Gasteiger partial charge in [0.05, 0.1) is 22.7 Å². The van der Waals surface area contributed by atoms with Gasteiger partial charge in [0, 0.05) is 17.8 Å². The first-order chi connectivity index (χ1) is 13.7. The first-order valence-electron chi connectivity index (χ1n) is 8.75. The average molecular weight is 425 g/mol. The molecule has 2 aliphatic rings. The number of halogens is 4. The number of hydrogen-bond donors (Lipinski definition) is 2. The number of aliphatic imine (C=N–C) groups is 1. The number of nitrogens with zero attached hydrogens (tertiary/aromatic N) is 2. The van der Waals surface area contributed by atoms with Crippen LogP contribution in [-0.4, -0.2) is 29.9 Å². The number of alkyl halides is 3. The third kappa shape index (κ3) is 3.79. The van der Waals surface area contributed by atoms with Crippen LogP contribution < -0.4 is 11.1 Å². The molecule has 0 unspecified atom stereocenters. The van der Waals surface area contributed by atoms with Gasteiger partial charge in [-0.1, -0.05) is 23.7 Å². The zero-order valence-corrected chi connectivity index (χ0v) is 15.7. The summed E-state index contributed by atoms with van der Waals surface area (Å²) < 4.78 is 43.7. The van der Waals surface area contributed by atoms with E-state index in [0.717, 1.165) is 12.0 Å². The molecule has 6 nitrogen and oxygen atoms in total. The van der Waals surface area contributed by atoms with E-state index in [1.54, 1.807) is 18.2 Å². The summed E-state index contributed by atoms with van der Waals surface area (Å²) in [5.41, 5.74) is 5.42. The summed E-state index contributed by atoms with van der Waals surface area (Å²) in [7, 11) is 0. The largest absolute Gasteiger partial charge is 0.417 e. The zero-order valence-electron chi connectivity index (χ0n) is 15.0. The van der Waals surface area contributed by atoms with E-state index in [1.807, 2.05) is 6.07 Å². The van der Waals surface area contributed by atoms with E-state index in [2.05, 4.69) is 15.3 Å². The molecule has 4 rings (SSSR count). The normalized spacial score (nSPS) is 23.6. The Hall–Kier alpha value is -2.65. The molecule has 29 heavy (non-hydrogen) atoms. The maximum Gasteiger partial charge on any atom is 0.417 e. The predicted octanol–water partition coefficient (Wildman–Crippen LogP) is 3.61. The van der Waals surface area contributed by atoms with E-state index in [0.29, 0.717) is 30.4 Å². The molecule has 0 bridgehead atoms. The van der Waals surface area contributed by atoms with Gasteiger partial charge in [-0.15, -0.1) is 0 Å². The number of nitrogens with two attached hydrogens (primary N) is 1. The van der Waals surface area contributed by atoms with Crippen molar-refractivity contribution in [3.8, 4) is 0 Å². The molecular formula is C19H16ClF3N4O2. The van der Waals surface area contributed by atoms with Gasteiger partial charge in [-0.3, -0.25) is 9.79 Å². The van der Waals surface area contributed by atoms with Crippen molar-refractivity contribution in [2.24, 2.45) is 16.6 Å². The number of benzene rings is 1. The summed E-state index contributed by atoms with van der Waals surface area (Å²) in [5, 5.41) is 2.24. The quantitative estimate of drug-likeness (QED) is 0.787. The molecule has 0 spiro atoms. The Balaban J connectivity index is 1.56. The van der Waals surface area contributed by atoms with Crippen molar-refractivity contribution in [1.82, 2.24) is 4.98 Å². The summed E-state index contributed by atoms with van der Waals surface area (Å²) in [6.45, 7) is 0.832. The maximum atomic E-state index is 12.7. The van der Waals surface area contributed by atoms with Crippen molar-refractivity contribution in [1.29, 1.82) is 0 Å². The van der Waals surface area contributed by atoms with E-state index in [1.165, 1.54) is 0 Å². The molecule has 2 atom stereocenters. The molecule has 3 N–H and O–H groups in total. The third-order valence-electron chi connectivity index (χ3n) is 4.99. The first-order valence-corrected chi connectivity index (χ1v) is 9.13. The van der Waals surface area contributed by atoms with Crippen LogP contribution in [0.1, 0.15) is 28.0 Å². The molecule has 1 aromatic carbocycles. The molecule has 1 saturated carbocycles. The first kappa shape index (κ1) is 19.7. The van der Waals surface area contributed by atoms with E-state index >= 15 is 0 Å². The SMILES string of the molecule is NC1=N[C@@]2(c3cccc(NC(=O)c4ncc(C(F)(F)F)cc4Cl)c3)C[C@H]2COC1. The lowest BCUT2D eigenvalue weighted by Crippen LogP contribution is -2.20. The number of ether oxygens (including phenoxy) is 1. The number of pyridine rings is 1. The van der Waals surface area contributed by atoms with Crippen LogP contribution in [-0.2, 0) is 16.5 Å². The average Bonchev–Trinajstić information content (AvgIpc) is 3.36. The van der Waals surface area contributed by atoms with Crippen LogP contribution in [0.5, 0.6) is 0 Å². The summed E-state index contributed by atoms with van der Waals surface area (Å²) in [5.74, 6) is -0.0846. The van der Waals surface area contributed by atoms with Crippen LogP contribution in [0.2, 0.25) is 5.02 Å². The number of carbonyl (C=O) groups is 1. The van der Waals surface area contributed by atoms with Gasteiger partial charge < -0.3 is 15.8 Å². The molecule has 1 aliphatic heterocycles. The summed E-state index contributed by atoms with van der Waals surface area (Å²) in [4.78, 5) is 20.6. The van der Waals surface area contributed by atoms with Gasteiger partial charge in [0.25, 0.3) is 5.91 Å². The predicted molar refractivity (Wildman–Crippen MR) is 101 cm³/mol. The fourth-order valence-electron chi connectivity index (χ4n) is 3.48. The van der Waals surface area contributed by atoms with E-state index < -0.39 is 23.2 Å². The summed E-state index contributed by atoms with van der Waals surface area (Å²) in [6, 6.07) is 7.75. The zero-order chi connectivity index (χ0) is 20.8. The second kappa shape index (κ2) is 7.00. The van der Waals surface area contributed by atoms with Crippen LogP contribution in [0, 0.1) is 5.92 Å². The number of hydrogen-bond acceptors (Lipinski definition) is 5. The molecule has 0 saturated heterocycles. The van der Waals surface area contributed by atoms with Gasteiger partial charge in [0.2, 0.25) is 0 Å². The lowest BCUT2D eigenvalue weighted by Gasteiger charge is -2.14. The molecular weight excluding hydrogens is 409 g/mol. The highest BCUT2D eigenvalue weighted by Gasteiger charge is 2.56. The second-order valence-corrected chi connectivity index (χ2v) is 7.44. The van der Waals surface area contributed by atoms with Crippen LogP contribution in [0.3, 0.4) is 0 Å². The highest BCUT2D eigenvalue weighted by molar-refractivity contribution is 6.34. The van der Waals surface area contributed by atoms with Gasteiger partial charge in [-0.2, -0.15) is 13.2 Å². The Morgan fingerprint density at radius 3 is 2.86 bits per heavy atom. The summed E-state index contributed by atoms with van der Waals surface area (Å²) in [6.07, 6.45) is -3.23. The number of fused-ring (bicyclic) bond motifs is 1.